The van der Waals surface area contributed by atoms with E-state index in [1.807, 2.05) is 19.1 Å². The molecule has 0 bridgehead atoms. The maximum atomic E-state index is 11.3. The molecule has 4 heteroatoms. The lowest BCUT2D eigenvalue weighted by Crippen LogP contribution is -2.35. The summed E-state index contributed by atoms with van der Waals surface area (Å²) in [6.45, 7) is 6.57. The van der Waals surface area contributed by atoms with Gasteiger partial charge in [0, 0.05) is 12.7 Å². The molecule has 1 atom stereocenters. The molecule has 1 aromatic heterocycles. The first-order valence-corrected chi connectivity index (χ1v) is 5.45. The summed E-state index contributed by atoms with van der Waals surface area (Å²) in [6.07, 6.45) is 1.75. The quantitative estimate of drug-likeness (QED) is 0.766. The van der Waals surface area contributed by atoms with Crippen LogP contribution >= 0.6 is 0 Å². The Morgan fingerprint density at radius 2 is 2.38 bits per heavy atom. The second-order valence-electron chi connectivity index (χ2n) is 3.62. The highest BCUT2D eigenvalue weighted by Crippen LogP contribution is 2.02. The Hall–Kier alpha value is -1.42. The average Bonchev–Trinajstić information content (AvgIpc) is 2.28. The van der Waals surface area contributed by atoms with Crippen LogP contribution in [0.4, 0.5) is 0 Å². The molecule has 1 aromatic rings. The van der Waals surface area contributed by atoms with Crippen LogP contribution in [0.1, 0.15) is 25.1 Å². The summed E-state index contributed by atoms with van der Waals surface area (Å²) in [6, 6.07) is 3.59. The molecule has 0 spiro atoms. The number of nitrogens with one attached hydrogen (secondary N) is 1. The fourth-order valence-electron chi connectivity index (χ4n) is 1.30. The van der Waals surface area contributed by atoms with E-state index >= 15 is 0 Å². The predicted molar refractivity (Wildman–Crippen MR) is 61.9 cm³/mol. The van der Waals surface area contributed by atoms with Crippen molar-refractivity contribution in [1.29, 1.82) is 0 Å². The van der Waals surface area contributed by atoms with E-state index in [-0.39, 0.29) is 12.0 Å². The molecule has 0 fully saturated rings. The lowest BCUT2D eigenvalue weighted by molar-refractivity contribution is -0.145. The molecule has 4 nitrogen and oxygen atoms in total. The van der Waals surface area contributed by atoms with Crippen LogP contribution in [0.15, 0.2) is 18.3 Å². The molecule has 0 aliphatic carbocycles. The molecule has 1 rings (SSSR count). The molecule has 0 radical (unpaired) electrons. The van der Waals surface area contributed by atoms with Crippen molar-refractivity contribution in [2.75, 3.05) is 6.61 Å². The SMILES string of the molecule is CCOC(=O)C(C)NCc1ncccc1C. The van der Waals surface area contributed by atoms with E-state index in [1.165, 1.54) is 0 Å². The maximum Gasteiger partial charge on any atom is 0.322 e. The van der Waals surface area contributed by atoms with Crippen LogP contribution in [-0.2, 0) is 16.1 Å². The van der Waals surface area contributed by atoms with E-state index in [4.69, 9.17) is 4.74 Å². The number of ether oxygens (including phenoxy) is 1. The van der Waals surface area contributed by atoms with Gasteiger partial charge in [-0.15, -0.1) is 0 Å². The Morgan fingerprint density at radius 1 is 1.62 bits per heavy atom. The Labute approximate surface area is 96.0 Å². The number of carbonyl (C=O) groups excluding carboxylic acids is 1. The molecule has 1 N–H and O–H groups in total. The number of rotatable bonds is 5. The summed E-state index contributed by atoms with van der Waals surface area (Å²) in [4.78, 5) is 15.6. The fourth-order valence-corrected chi connectivity index (χ4v) is 1.30. The van der Waals surface area contributed by atoms with E-state index in [9.17, 15) is 4.79 Å². The molecule has 0 aliphatic rings. The molecule has 1 heterocycles. The van der Waals surface area contributed by atoms with Crippen LogP contribution in [0.3, 0.4) is 0 Å². The van der Waals surface area contributed by atoms with Crippen LogP contribution < -0.4 is 5.32 Å². The van der Waals surface area contributed by atoms with Gasteiger partial charge in [-0.25, -0.2) is 0 Å². The summed E-state index contributed by atoms with van der Waals surface area (Å²) in [7, 11) is 0. The van der Waals surface area contributed by atoms with Crippen molar-refractivity contribution in [1.82, 2.24) is 10.3 Å². The van der Waals surface area contributed by atoms with Gasteiger partial charge in [-0.1, -0.05) is 6.07 Å². The Kier molecular flexibility index (Phi) is 4.92. The molecule has 1 unspecified atom stereocenters. The minimum atomic E-state index is -0.304. The van der Waals surface area contributed by atoms with Gasteiger partial charge >= 0.3 is 5.97 Å². The third-order valence-electron chi connectivity index (χ3n) is 2.33. The van der Waals surface area contributed by atoms with E-state index in [1.54, 1.807) is 20.0 Å². The summed E-state index contributed by atoms with van der Waals surface area (Å²) in [5.41, 5.74) is 2.07. The molecular formula is C12H18N2O2. The van der Waals surface area contributed by atoms with Crippen LogP contribution in [0.2, 0.25) is 0 Å². The molecule has 0 aromatic carbocycles. The minimum Gasteiger partial charge on any atom is -0.465 e. The predicted octanol–water partition coefficient (Wildman–Crippen LogP) is 1.43. The van der Waals surface area contributed by atoms with Gasteiger partial charge in [0.1, 0.15) is 6.04 Å². The van der Waals surface area contributed by atoms with Crippen LogP contribution in [0.5, 0.6) is 0 Å². The van der Waals surface area contributed by atoms with Crippen molar-refractivity contribution in [2.45, 2.75) is 33.4 Å². The van der Waals surface area contributed by atoms with Crippen LogP contribution in [0, 0.1) is 6.92 Å². The molecule has 16 heavy (non-hydrogen) atoms. The zero-order valence-corrected chi connectivity index (χ0v) is 9.99. The molecular weight excluding hydrogens is 204 g/mol. The lowest BCUT2D eigenvalue weighted by Gasteiger charge is -2.12. The van der Waals surface area contributed by atoms with Gasteiger partial charge in [-0.05, 0) is 32.4 Å². The normalized spacial score (nSPS) is 12.2. The highest BCUT2D eigenvalue weighted by molar-refractivity contribution is 5.75. The highest BCUT2D eigenvalue weighted by Gasteiger charge is 2.13. The molecule has 0 amide bonds. The third-order valence-corrected chi connectivity index (χ3v) is 2.33. The van der Waals surface area contributed by atoms with Gasteiger partial charge < -0.3 is 4.74 Å². The number of aromatic nitrogens is 1. The van der Waals surface area contributed by atoms with Crippen molar-refractivity contribution in [2.24, 2.45) is 0 Å². The summed E-state index contributed by atoms with van der Waals surface area (Å²) < 4.78 is 4.90. The number of esters is 1. The smallest absolute Gasteiger partial charge is 0.322 e. The Morgan fingerprint density at radius 3 is 3.00 bits per heavy atom. The van der Waals surface area contributed by atoms with Crippen molar-refractivity contribution < 1.29 is 9.53 Å². The average molecular weight is 222 g/mol. The van der Waals surface area contributed by atoms with Gasteiger partial charge in [0.2, 0.25) is 0 Å². The van der Waals surface area contributed by atoms with Crippen LogP contribution in [0.25, 0.3) is 0 Å². The van der Waals surface area contributed by atoms with Gasteiger partial charge in [-0.3, -0.25) is 15.1 Å². The van der Waals surface area contributed by atoms with Crippen molar-refractivity contribution in [3.05, 3.63) is 29.6 Å². The molecule has 0 saturated carbocycles. The zero-order valence-electron chi connectivity index (χ0n) is 9.99. The molecule has 0 aliphatic heterocycles. The number of hydrogen-bond donors (Lipinski definition) is 1. The highest BCUT2D eigenvalue weighted by atomic mass is 16.5. The molecule has 88 valence electrons. The first-order chi connectivity index (χ1) is 7.65. The number of hydrogen-bond acceptors (Lipinski definition) is 4. The van der Waals surface area contributed by atoms with Gasteiger partial charge in [0.25, 0.3) is 0 Å². The van der Waals surface area contributed by atoms with Crippen LogP contribution in [-0.4, -0.2) is 23.6 Å². The topological polar surface area (TPSA) is 51.2 Å². The number of carbonyl (C=O) groups is 1. The van der Waals surface area contributed by atoms with Gasteiger partial charge in [0.15, 0.2) is 0 Å². The van der Waals surface area contributed by atoms with E-state index in [0.29, 0.717) is 13.2 Å². The summed E-state index contributed by atoms with van der Waals surface area (Å²) in [5, 5.41) is 3.09. The van der Waals surface area contributed by atoms with E-state index in [0.717, 1.165) is 11.3 Å². The first-order valence-electron chi connectivity index (χ1n) is 5.45. The fraction of sp³-hybridized carbons (Fsp3) is 0.500. The Bertz CT molecular complexity index is 353. The van der Waals surface area contributed by atoms with Crippen molar-refractivity contribution >= 4 is 5.97 Å². The van der Waals surface area contributed by atoms with Crippen molar-refractivity contribution in [3.63, 3.8) is 0 Å². The van der Waals surface area contributed by atoms with E-state index in [2.05, 4.69) is 10.3 Å². The summed E-state index contributed by atoms with van der Waals surface area (Å²) >= 11 is 0. The number of aryl methyl sites for hydroxylation is 1. The van der Waals surface area contributed by atoms with Gasteiger partial charge in [-0.2, -0.15) is 0 Å². The van der Waals surface area contributed by atoms with Gasteiger partial charge in [0.05, 0.1) is 12.3 Å². The zero-order chi connectivity index (χ0) is 12.0. The molecule has 0 saturated heterocycles. The maximum absolute atomic E-state index is 11.3. The van der Waals surface area contributed by atoms with E-state index < -0.39 is 0 Å². The monoisotopic (exact) mass is 222 g/mol. The summed E-state index contributed by atoms with van der Waals surface area (Å²) in [5.74, 6) is -0.226. The largest absolute Gasteiger partial charge is 0.465 e. The Balaban J connectivity index is 2.46. The standard InChI is InChI=1S/C12H18N2O2/c1-4-16-12(15)10(3)14-8-11-9(2)6-5-7-13-11/h5-7,10,14H,4,8H2,1-3H3. The second kappa shape index (κ2) is 6.23. The number of nitrogens with zero attached hydrogens (tertiary/aromatic N) is 1. The third kappa shape index (κ3) is 3.62. The first kappa shape index (κ1) is 12.6. The second-order valence-corrected chi connectivity index (χ2v) is 3.62. The lowest BCUT2D eigenvalue weighted by atomic mass is 10.2. The van der Waals surface area contributed by atoms with Crippen molar-refractivity contribution in [3.8, 4) is 0 Å². The number of pyridine rings is 1. The minimum absolute atomic E-state index is 0.226.